The van der Waals surface area contributed by atoms with Crippen molar-refractivity contribution in [3.63, 3.8) is 0 Å². The lowest BCUT2D eigenvalue weighted by molar-refractivity contribution is -0.121. The molecule has 0 bridgehead atoms. The average Bonchev–Trinajstić information content (AvgIpc) is 2.94. The maximum atomic E-state index is 12.2. The third-order valence-electron chi connectivity index (χ3n) is 3.95. The molecule has 27 heavy (non-hydrogen) atoms. The van der Waals surface area contributed by atoms with Gasteiger partial charge in [0.25, 0.3) is 5.91 Å². The molecule has 5 nitrogen and oxygen atoms in total. The fourth-order valence-electron chi connectivity index (χ4n) is 2.55. The van der Waals surface area contributed by atoms with Crippen molar-refractivity contribution in [3.8, 4) is 5.75 Å². The molecule has 1 aliphatic rings. The zero-order chi connectivity index (χ0) is 19.4. The Morgan fingerprint density at radius 1 is 1.26 bits per heavy atom. The van der Waals surface area contributed by atoms with Crippen molar-refractivity contribution in [2.45, 2.75) is 13.5 Å². The maximum absolute atomic E-state index is 12.2. The van der Waals surface area contributed by atoms with Crippen LogP contribution in [0.25, 0.3) is 6.08 Å². The van der Waals surface area contributed by atoms with Crippen molar-refractivity contribution in [2.75, 3.05) is 6.54 Å². The Kier molecular flexibility index (Phi) is 5.93. The molecule has 2 aromatic rings. The first-order valence-electron chi connectivity index (χ1n) is 8.28. The predicted molar refractivity (Wildman–Crippen MR) is 110 cm³/mol. The van der Waals surface area contributed by atoms with Crippen molar-refractivity contribution >= 4 is 46.3 Å². The summed E-state index contributed by atoms with van der Waals surface area (Å²) in [7, 11) is 0. The summed E-state index contributed by atoms with van der Waals surface area (Å²) in [6.07, 6.45) is 1.81. The van der Waals surface area contributed by atoms with Gasteiger partial charge in [0.1, 0.15) is 16.7 Å². The Bertz CT molecular complexity index is 922. The molecule has 0 unspecified atom stereocenters. The van der Waals surface area contributed by atoms with Gasteiger partial charge in [-0.2, -0.15) is 0 Å². The van der Waals surface area contributed by atoms with Crippen LogP contribution in [0.1, 0.15) is 28.4 Å². The number of carbonyl (C=O) groups is 2. The molecule has 0 aliphatic carbocycles. The summed E-state index contributed by atoms with van der Waals surface area (Å²) in [6.45, 7) is 2.74. The van der Waals surface area contributed by atoms with Gasteiger partial charge in [-0.05, 0) is 48.4 Å². The first-order valence-corrected chi connectivity index (χ1v) is 9.51. The number of rotatable bonds is 6. The van der Waals surface area contributed by atoms with E-state index in [1.807, 2.05) is 43.3 Å². The predicted octanol–water partition coefficient (Wildman–Crippen LogP) is 4.18. The number of aromatic carboxylic acids is 1. The number of ether oxygens (including phenoxy) is 1. The number of amides is 1. The van der Waals surface area contributed by atoms with Crippen LogP contribution in [-0.2, 0) is 11.4 Å². The molecule has 3 rings (SSSR count). The van der Waals surface area contributed by atoms with E-state index in [0.29, 0.717) is 21.5 Å². The Morgan fingerprint density at radius 3 is 2.63 bits per heavy atom. The summed E-state index contributed by atoms with van der Waals surface area (Å²) in [5, 5.41) is 9.03. The third-order valence-corrected chi connectivity index (χ3v) is 5.32. The van der Waals surface area contributed by atoms with Crippen LogP contribution in [0.2, 0.25) is 0 Å². The number of thioether (sulfide) groups is 1. The molecule has 1 fully saturated rings. The molecule has 1 saturated heterocycles. The lowest BCUT2D eigenvalue weighted by Crippen LogP contribution is -2.27. The number of hydrogen-bond donors (Lipinski definition) is 1. The van der Waals surface area contributed by atoms with Crippen LogP contribution in [0.5, 0.6) is 5.75 Å². The van der Waals surface area contributed by atoms with Gasteiger partial charge < -0.3 is 9.84 Å². The molecule has 7 heteroatoms. The lowest BCUT2D eigenvalue weighted by atomic mass is 10.1. The molecule has 2 aromatic carbocycles. The highest BCUT2D eigenvalue weighted by Gasteiger charge is 2.30. The average molecular weight is 399 g/mol. The largest absolute Gasteiger partial charge is 0.489 e. The number of carboxylic acid groups (broad SMARTS) is 1. The number of nitrogens with zero attached hydrogens (tertiary/aromatic N) is 1. The normalized spacial score (nSPS) is 15.4. The molecule has 1 N–H and O–H groups in total. The first kappa shape index (κ1) is 19.1. The fraction of sp³-hybridized carbons (Fsp3) is 0.150. The molecule has 0 atom stereocenters. The van der Waals surface area contributed by atoms with E-state index in [4.69, 9.17) is 22.1 Å². The van der Waals surface area contributed by atoms with Crippen LogP contribution in [0.4, 0.5) is 0 Å². The second-order valence-electron chi connectivity index (χ2n) is 5.79. The van der Waals surface area contributed by atoms with Crippen LogP contribution in [-0.4, -0.2) is 32.7 Å². The Labute approximate surface area is 166 Å². The van der Waals surface area contributed by atoms with Gasteiger partial charge in [0, 0.05) is 6.54 Å². The van der Waals surface area contributed by atoms with Crippen LogP contribution in [0.15, 0.2) is 53.4 Å². The van der Waals surface area contributed by atoms with Crippen molar-refractivity contribution in [2.24, 2.45) is 0 Å². The van der Waals surface area contributed by atoms with Crippen LogP contribution in [0.3, 0.4) is 0 Å². The van der Waals surface area contributed by atoms with E-state index in [1.165, 1.54) is 11.8 Å². The molecule has 0 saturated carbocycles. The monoisotopic (exact) mass is 399 g/mol. The van der Waals surface area contributed by atoms with Gasteiger partial charge in [-0.1, -0.05) is 48.2 Å². The van der Waals surface area contributed by atoms with Gasteiger partial charge in [0.05, 0.1) is 10.5 Å². The standard InChI is InChI=1S/C20H17NO4S2/c1-2-21-18(22)17(27-20(21)26)11-13-6-8-16(9-7-13)25-12-14-4-3-5-15(10-14)19(23)24/h3-11H,2,12H2,1H3,(H,23,24)/b17-11-. The summed E-state index contributed by atoms with van der Waals surface area (Å²) < 4.78 is 6.29. The van der Waals surface area contributed by atoms with Crippen molar-refractivity contribution in [1.29, 1.82) is 0 Å². The Balaban J connectivity index is 1.65. The second kappa shape index (κ2) is 8.37. The van der Waals surface area contributed by atoms with Gasteiger partial charge in [0.2, 0.25) is 0 Å². The number of likely N-dealkylation sites (N-methyl/N-ethyl adjacent to an activating group) is 1. The molecular formula is C20H17NO4S2. The van der Waals surface area contributed by atoms with E-state index in [0.717, 1.165) is 11.1 Å². The highest BCUT2D eigenvalue weighted by molar-refractivity contribution is 8.26. The molecule has 1 heterocycles. The summed E-state index contributed by atoms with van der Waals surface area (Å²) in [4.78, 5) is 25.4. The highest BCUT2D eigenvalue weighted by Crippen LogP contribution is 2.32. The van der Waals surface area contributed by atoms with Gasteiger partial charge >= 0.3 is 5.97 Å². The number of carboxylic acids is 1. The molecule has 0 spiro atoms. The summed E-state index contributed by atoms with van der Waals surface area (Å²) >= 11 is 6.51. The maximum Gasteiger partial charge on any atom is 0.335 e. The van der Waals surface area contributed by atoms with E-state index in [9.17, 15) is 9.59 Å². The van der Waals surface area contributed by atoms with E-state index in [-0.39, 0.29) is 18.1 Å². The molecule has 0 radical (unpaired) electrons. The number of thiocarbonyl (C=S) groups is 1. The third kappa shape index (κ3) is 4.56. The minimum absolute atomic E-state index is 0.0638. The molecule has 138 valence electrons. The number of benzene rings is 2. The SMILES string of the molecule is CCN1C(=O)/C(=C/c2ccc(OCc3cccc(C(=O)O)c3)cc2)SC1=S. The summed E-state index contributed by atoms with van der Waals surface area (Å²) in [5.74, 6) is -0.366. The minimum Gasteiger partial charge on any atom is -0.489 e. The van der Waals surface area contributed by atoms with E-state index < -0.39 is 5.97 Å². The first-order chi connectivity index (χ1) is 13.0. The number of carbonyl (C=O) groups excluding carboxylic acids is 1. The van der Waals surface area contributed by atoms with Crippen LogP contribution < -0.4 is 4.74 Å². The zero-order valence-electron chi connectivity index (χ0n) is 14.5. The van der Waals surface area contributed by atoms with Gasteiger partial charge in [-0.15, -0.1) is 0 Å². The quantitative estimate of drug-likeness (QED) is 0.580. The number of hydrogen-bond acceptors (Lipinski definition) is 5. The Morgan fingerprint density at radius 2 is 2.00 bits per heavy atom. The highest BCUT2D eigenvalue weighted by atomic mass is 32.2. The van der Waals surface area contributed by atoms with E-state index in [1.54, 1.807) is 23.1 Å². The zero-order valence-corrected chi connectivity index (χ0v) is 16.2. The molecule has 1 amide bonds. The minimum atomic E-state index is -0.963. The summed E-state index contributed by atoms with van der Waals surface area (Å²) in [6, 6.07) is 14.0. The van der Waals surface area contributed by atoms with Crippen LogP contribution in [0, 0.1) is 0 Å². The molecule has 1 aliphatic heterocycles. The smallest absolute Gasteiger partial charge is 0.335 e. The van der Waals surface area contributed by atoms with Crippen molar-refractivity contribution < 1.29 is 19.4 Å². The Hall–Kier alpha value is -2.64. The lowest BCUT2D eigenvalue weighted by Gasteiger charge is -2.09. The fourth-order valence-corrected chi connectivity index (χ4v) is 3.93. The van der Waals surface area contributed by atoms with E-state index in [2.05, 4.69) is 0 Å². The second-order valence-corrected chi connectivity index (χ2v) is 7.46. The van der Waals surface area contributed by atoms with Gasteiger partial charge in [0.15, 0.2) is 0 Å². The van der Waals surface area contributed by atoms with Crippen molar-refractivity contribution in [1.82, 2.24) is 4.90 Å². The van der Waals surface area contributed by atoms with Crippen LogP contribution >= 0.6 is 24.0 Å². The van der Waals surface area contributed by atoms with Gasteiger partial charge in [-0.3, -0.25) is 9.69 Å². The molecular weight excluding hydrogens is 382 g/mol. The topological polar surface area (TPSA) is 66.8 Å². The summed E-state index contributed by atoms with van der Waals surface area (Å²) in [5.41, 5.74) is 1.89. The van der Waals surface area contributed by atoms with Crippen molar-refractivity contribution in [3.05, 3.63) is 70.1 Å². The van der Waals surface area contributed by atoms with Gasteiger partial charge in [-0.25, -0.2) is 4.79 Å². The molecule has 0 aromatic heterocycles. The van der Waals surface area contributed by atoms with E-state index >= 15 is 0 Å².